The Balaban J connectivity index is 1.64. The number of hydrogen-bond acceptors (Lipinski definition) is 4. The molecule has 0 radical (unpaired) electrons. The lowest BCUT2D eigenvalue weighted by Crippen LogP contribution is -2.34. The highest BCUT2D eigenvalue weighted by Gasteiger charge is 2.06. The fraction of sp³-hybridized carbons (Fsp3) is 0.464. The number of benzene rings is 2. The van der Waals surface area contributed by atoms with Crippen molar-refractivity contribution in [3.8, 4) is 5.75 Å². The van der Waals surface area contributed by atoms with Crippen LogP contribution >= 0.6 is 15.9 Å². The summed E-state index contributed by atoms with van der Waals surface area (Å²) < 4.78 is 6.79. The van der Waals surface area contributed by atoms with E-state index in [4.69, 9.17) is 4.74 Å². The second kappa shape index (κ2) is 17.7. The van der Waals surface area contributed by atoms with E-state index in [2.05, 4.69) is 38.7 Å². The average Bonchev–Trinajstić information content (AvgIpc) is 2.86. The Morgan fingerprint density at radius 2 is 1.60 bits per heavy atom. The van der Waals surface area contributed by atoms with Gasteiger partial charge in [0.25, 0.3) is 5.91 Å². The molecule has 2 amide bonds. The van der Waals surface area contributed by atoms with Gasteiger partial charge in [0.1, 0.15) is 12.4 Å². The van der Waals surface area contributed by atoms with E-state index < -0.39 is 0 Å². The number of hydrogen-bond donors (Lipinski definition) is 2. The molecule has 0 bridgehead atoms. The summed E-state index contributed by atoms with van der Waals surface area (Å²) in [4.78, 5) is 24.0. The first-order valence-electron chi connectivity index (χ1n) is 12.6. The van der Waals surface area contributed by atoms with Crippen molar-refractivity contribution < 1.29 is 14.3 Å². The number of nitrogens with one attached hydrogen (secondary N) is 2. The Hall–Kier alpha value is -2.67. The van der Waals surface area contributed by atoms with Gasteiger partial charge in [-0.15, -0.1) is 0 Å². The predicted octanol–water partition coefficient (Wildman–Crippen LogP) is 6.52. The van der Waals surface area contributed by atoms with Crippen molar-refractivity contribution in [2.45, 2.75) is 77.7 Å². The molecule has 35 heavy (non-hydrogen) atoms. The molecule has 2 aromatic carbocycles. The van der Waals surface area contributed by atoms with Crippen molar-refractivity contribution in [2.75, 3.05) is 6.54 Å². The SMILES string of the molecule is CCCCCCCCCCCC(=O)NCC(=O)NN=Cc1cc(Br)ccc1OCc1ccccc1. The van der Waals surface area contributed by atoms with Crippen LogP contribution in [0, 0.1) is 0 Å². The maximum Gasteiger partial charge on any atom is 0.259 e. The van der Waals surface area contributed by atoms with E-state index in [0.29, 0.717) is 18.8 Å². The maximum absolute atomic E-state index is 12.0. The molecule has 2 N–H and O–H groups in total. The number of hydrazone groups is 1. The topological polar surface area (TPSA) is 79.8 Å². The Kier molecular flexibility index (Phi) is 14.5. The van der Waals surface area contributed by atoms with Crippen LogP contribution in [0.1, 0.15) is 82.3 Å². The standard InChI is InChI=1S/C28H38BrN3O3/c1-2-3-4-5-6-7-8-9-13-16-27(33)30-21-28(34)32-31-20-24-19-25(29)17-18-26(24)35-22-23-14-11-10-12-15-23/h10-12,14-15,17-20H,2-9,13,16,21-22H2,1H3,(H,30,33)(H,32,34). The molecule has 0 aromatic heterocycles. The zero-order valence-corrected chi connectivity index (χ0v) is 22.3. The van der Waals surface area contributed by atoms with Crippen LogP contribution < -0.4 is 15.5 Å². The zero-order valence-electron chi connectivity index (χ0n) is 20.7. The molecular formula is C28H38BrN3O3. The number of halogens is 1. The molecule has 0 atom stereocenters. The summed E-state index contributed by atoms with van der Waals surface area (Å²) in [6.45, 7) is 2.56. The monoisotopic (exact) mass is 543 g/mol. The minimum absolute atomic E-state index is 0.0938. The van der Waals surface area contributed by atoms with Crippen LogP contribution in [0.4, 0.5) is 0 Å². The number of unbranched alkanes of at least 4 members (excludes halogenated alkanes) is 8. The van der Waals surface area contributed by atoms with E-state index in [0.717, 1.165) is 28.4 Å². The van der Waals surface area contributed by atoms with E-state index in [1.165, 1.54) is 51.2 Å². The summed E-state index contributed by atoms with van der Waals surface area (Å²) in [5.74, 6) is 0.184. The van der Waals surface area contributed by atoms with E-state index in [1.807, 2.05) is 48.5 Å². The fourth-order valence-corrected chi connectivity index (χ4v) is 3.94. The van der Waals surface area contributed by atoms with Crippen molar-refractivity contribution in [3.63, 3.8) is 0 Å². The molecule has 2 aromatic rings. The molecule has 0 unspecified atom stereocenters. The van der Waals surface area contributed by atoms with Crippen LogP contribution in [0.5, 0.6) is 5.75 Å². The zero-order chi connectivity index (χ0) is 25.1. The van der Waals surface area contributed by atoms with Crippen LogP contribution in [-0.4, -0.2) is 24.6 Å². The molecule has 0 saturated heterocycles. The van der Waals surface area contributed by atoms with E-state index >= 15 is 0 Å². The predicted molar refractivity (Wildman–Crippen MR) is 146 cm³/mol. The fourth-order valence-electron chi connectivity index (χ4n) is 3.56. The first-order chi connectivity index (χ1) is 17.1. The number of nitrogens with zero attached hydrogens (tertiary/aromatic N) is 1. The molecule has 0 saturated carbocycles. The summed E-state index contributed by atoms with van der Waals surface area (Å²) >= 11 is 3.45. The molecule has 0 fully saturated rings. The molecule has 7 heteroatoms. The average molecular weight is 545 g/mol. The van der Waals surface area contributed by atoms with Gasteiger partial charge in [-0.2, -0.15) is 5.10 Å². The molecule has 0 spiro atoms. The largest absolute Gasteiger partial charge is 0.488 e. The third kappa shape index (κ3) is 13.1. The number of ether oxygens (including phenoxy) is 1. The second-order valence-corrected chi connectivity index (χ2v) is 9.52. The highest BCUT2D eigenvalue weighted by atomic mass is 79.9. The minimum Gasteiger partial charge on any atom is -0.488 e. The van der Waals surface area contributed by atoms with Gasteiger partial charge < -0.3 is 10.1 Å². The summed E-state index contributed by atoms with van der Waals surface area (Å²) in [5.41, 5.74) is 4.24. The minimum atomic E-state index is -0.372. The van der Waals surface area contributed by atoms with Crippen molar-refractivity contribution in [1.29, 1.82) is 0 Å². The highest BCUT2D eigenvalue weighted by molar-refractivity contribution is 9.10. The smallest absolute Gasteiger partial charge is 0.259 e. The maximum atomic E-state index is 12.0. The number of rotatable bonds is 17. The molecule has 190 valence electrons. The summed E-state index contributed by atoms with van der Waals surface area (Å²) in [5, 5.41) is 6.68. The highest BCUT2D eigenvalue weighted by Crippen LogP contribution is 2.22. The van der Waals surface area contributed by atoms with Crippen molar-refractivity contribution in [2.24, 2.45) is 5.10 Å². The molecular weight excluding hydrogens is 506 g/mol. The van der Waals surface area contributed by atoms with Gasteiger partial charge in [0.05, 0.1) is 12.8 Å². The normalized spacial score (nSPS) is 10.9. The molecule has 0 aliphatic heterocycles. The van der Waals surface area contributed by atoms with Crippen molar-refractivity contribution >= 4 is 34.0 Å². The number of carbonyl (C=O) groups excluding carboxylic acids is 2. The van der Waals surface area contributed by atoms with Crippen LogP contribution in [0.15, 0.2) is 58.1 Å². The van der Waals surface area contributed by atoms with Crippen molar-refractivity contribution in [3.05, 3.63) is 64.1 Å². The Labute approximate surface area is 218 Å². The van der Waals surface area contributed by atoms with Gasteiger partial charge in [-0.25, -0.2) is 5.43 Å². The van der Waals surface area contributed by atoms with Crippen LogP contribution in [0.3, 0.4) is 0 Å². The van der Waals surface area contributed by atoms with Gasteiger partial charge in [-0.05, 0) is 30.2 Å². The summed E-state index contributed by atoms with van der Waals surface area (Å²) in [7, 11) is 0. The number of amides is 2. The van der Waals surface area contributed by atoms with Gasteiger partial charge in [-0.3, -0.25) is 9.59 Å². The first kappa shape index (κ1) is 28.6. The van der Waals surface area contributed by atoms with Gasteiger partial charge in [0.15, 0.2) is 0 Å². The Bertz CT molecular complexity index is 919. The third-order valence-electron chi connectivity index (χ3n) is 5.56. The third-order valence-corrected chi connectivity index (χ3v) is 6.05. The molecule has 0 aliphatic carbocycles. The van der Waals surface area contributed by atoms with Crippen molar-refractivity contribution in [1.82, 2.24) is 10.7 Å². The lowest BCUT2D eigenvalue weighted by Gasteiger charge is -2.10. The Morgan fingerprint density at radius 1 is 0.914 bits per heavy atom. The second-order valence-electron chi connectivity index (χ2n) is 8.60. The van der Waals surface area contributed by atoms with Gasteiger partial charge >= 0.3 is 0 Å². The van der Waals surface area contributed by atoms with Gasteiger partial charge in [-0.1, -0.05) is 105 Å². The first-order valence-corrected chi connectivity index (χ1v) is 13.4. The van der Waals surface area contributed by atoms with E-state index in [9.17, 15) is 9.59 Å². The Morgan fingerprint density at radius 3 is 2.31 bits per heavy atom. The van der Waals surface area contributed by atoms with Gasteiger partial charge in [0, 0.05) is 16.5 Å². The summed E-state index contributed by atoms with van der Waals surface area (Å²) in [6.07, 6.45) is 12.8. The number of carbonyl (C=O) groups is 2. The lowest BCUT2D eigenvalue weighted by molar-refractivity contribution is -0.126. The summed E-state index contributed by atoms with van der Waals surface area (Å²) in [6, 6.07) is 15.5. The molecule has 0 aliphatic rings. The van der Waals surface area contributed by atoms with Crippen LogP contribution in [-0.2, 0) is 16.2 Å². The molecule has 2 rings (SSSR count). The van der Waals surface area contributed by atoms with Crippen LogP contribution in [0.2, 0.25) is 0 Å². The molecule has 0 heterocycles. The van der Waals surface area contributed by atoms with E-state index in [-0.39, 0.29) is 18.4 Å². The van der Waals surface area contributed by atoms with E-state index in [1.54, 1.807) is 0 Å². The van der Waals surface area contributed by atoms with Crippen LogP contribution in [0.25, 0.3) is 0 Å². The van der Waals surface area contributed by atoms with Gasteiger partial charge in [0.2, 0.25) is 5.91 Å². The quantitative estimate of drug-likeness (QED) is 0.135. The molecule has 6 nitrogen and oxygen atoms in total. The lowest BCUT2D eigenvalue weighted by atomic mass is 10.1.